The van der Waals surface area contributed by atoms with Crippen molar-refractivity contribution in [1.82, 2.24) is 0 Å². The van der Waals surface area contributed by atoms with Gasteiger partial charge in [0.15, 0.2) is 0 Å². The van der Waals surface area contributed by atoms with Gasteiger partial charge in [0.05, 0.1) is 10.8 Å². The molecule has 0 aliphatic rings. The van der Waals surface area contributed by atoms with Gasteiger partial charge in [0, 0.05) is 9.79 Å². The first-order chi connectivity index (χ1) is 8.09. The maximum absolute atomic E-state index is 12.4. The maximum Gasteiger partial charge on any atom is 0.116 e. The van der Waals surface area contributed by atoms with Gasteiger partial charge in [-0.1, -0.05) is 18.2 Å². The Bertz CT molecular complexity index is 539. The van der Waals surface area contributed by atoms with Crippen LogP contribution in [0.15, 0.2) is 52.3 Å². The van der Waals surface area contributed by atoms with E-state index in [-0.39, 0.29) is 5.75 Å². The molecular formula is C14H14O2S. The average Bonchev–Trinajstić information content (AvgIpc) is 2.28. The second-order valence-electron chi connectivity index (χ2n) is 3.99. The number of rotatable bonds is 2. The number of hydrogen-bond donors (Lipinski definition) is 1. The summed E-state index contributed by atoms with van der Waals surface area (Å²) in [6.45, 7) is 3.73. The normalized spacial score (nSPS) is 12.4. The van der Waals surface area contributed by atoms with Gasteiger partial charge in [-0.15, -0.1) is 0 Å². The molecule has 0 bridgehead atoms. The molecule has 2 aromatic carbocycles. The van der Waals surface area contributed by atoms with E-state index in [1.807, 2.05) is 44.2 Å². The van der Waals surface area contributed by atoms with E-state index in [0.717, 1.165) is 20.9 Å². The van der Waals surface area contributed by atoms with Crippen LogP contribution < -0.4 is 0 Å². The molecule has 2 nitrogen and oxygen atoms in total. The highest BCUT2D eigenvalue weighted by atomic mass is 32.2. The molecule has 1 atom stereocenters. The summed E-state index contributed by atoms with van der Waals surface area (Å²) in [4.78, 5) is 1.57. The number of aryl methyl sites for hydroxylation is 2. The molecule has 0 aliphatic carbocycles. The largest absolute Gasteiger partial charge is 0.508 e. The zero-order valence-electron chi connectivity index (χ0n) is 9.81. The number of benzene rings is 2. The summed E-state index contributed by atoms with van der Waals surface area (Å²) in [6.07, 6.45) is 0. The lowest BCUT2D eigenvalue weighted by Gasteiger charge is -2.10. The highest BCUT2D eigenvalue weighted by Crippen LogP contribution is 2.27. The molecule has 0 heterocycles. The van der Waals surface area contributed by atoms with E-state index in [4.69, 9.17) is 0 Å². The Morgan fingerprint density at radius 3 is 2.06 bits per heavy atom. The third-order valence-electron chi connectivity index (χ3n) is 2.59. The minimum absolute atomic E-state index is 0.216. The van der Waals surface area contributed by atoms with E-state index in [2.05, 4.69) is 0 Å². The van der Waals surface area contributed by atoms with E-state index in [9.17, 15) is 9.32 Å². The first kappa shape index (κ1) is 11.9. The topological polar surface area (TPSA) is 37.3 Å². The van der Waals surface area contributed by atoms with Crippen LogP contribution in [0, 0.1) is 13.8 Å². The van der Waals surface area contributed by atoms with Gasteiger partial charge in [0.25, 0.3) is 0 Å². The van der Waals surface area contributed by atoms with Gasteiger partial charge in [-0.2, -0.15) is 0 Å². The van der Waals surface area contributed by atoms with E-state index in [1.165, 1.54) is 0 Å². The average molecular weight is 246 g/mol. The molecule has 0 spiro atoms. The molecule has 0 saturated heterocycles. The third-order valence-corrected chi connectivity index (χ3v) is 4.30. The predicted octanol–water partition coefficient (Wildman–Crippen LogP) is 3.18. The summed E-state index contributed by atoms with van der Waals surface area (Å²) in [6, 6.07) is 12.6. The van der Waals surface area contributed by atoms with Gasteiger partial charge in [0.1, 0.15) is 5.75 Å². The second-order valence-corrected chi connectivity index (χ2v) is 5.41. The van der Waals surface area contributed by atoms with Crippen LogP contribution in [0.4, 0.5) is 0 Å². The summed E-state index contributed by atoms with van der Waals surface area (Å²) in [5.74, 6) is 0.216. The lowest BCUT2D eigenvalue weighted by molar-refractivity contribution is 0.473. The van der Waals surface area contributed by atoms with Crippen LogP contribution in [-0.4, -0.2) is 9.32 Å². The summed E-state index contributed by atoms with van der Waals surface area (Å²) in [5, 5.41) is 9.47. The number of phenols is 1. The van der Waals surface area contributed by atoms with Crippen LogP contribution in [-0.2, 0) is 10.8 Å². The van der Waals surface area contributed by atoms with Crippen LogP contribution in [0.3, 0.4) is 0 Å². The van der Waals surface area contributed by atoms with Gasteiger partial charge < -0.3 is 5.11 Å². The Morgan fingerprint density at radius 1 is 1.00 bits per heavy atom. The smallest absolute Gasteiger partial charge is 0.116 e. The van der Waals surface area contributed by atoms with Crippen molar-refractivity contribution in [3.05, 3.63) is 53.6 Å². The fourth-order valence-electron chi connectivity index (χ4n) is 1.88. The first-order valence-corrected chi connectivity index (χ1v) is 6.51. The summed E-state index contributed by atoms with van der Waals surface area (Å²) in [7, 11) is -1.19. The first-order valence-electron chi connectivity index (χ1n) is 5.36. The molecule has 0 aromatic heterocycles. The van der Waals surface area contributed by atoms with E-state index < -0.39 is 10.8 Å². The predicted molar refractivity (Wildman–Crippen MR) is 68.7 cm³/mol. The number of aromatic hydroxyl groups is 1. The van der Waals surface area contributed by atoms with Crippen LogP contribution in [0.5, 0.6) is 5.75 Å². The second kappa shape index (κ2) is 4.72. The molecule has 0 fully saturated rings. The van der Waals surface area contributed by atoms with Gasteiger partial charge in [0.2, 0.25) is 0 Å². The van der Waals surface area contributed by atoms with Crippen LogP contribution in [0.2, 0.25) is 0 Å². The molecule has 3 heteroatoms. The summed E-state index contributed by atoms with van der Waals surface area (Å²) >= 11 is 0. The highest BCUT2D eigenvalue weighted by Gasteiger charge is 2.13. The molecule has 1 N–H and O–H groups in total. The Balaban J connectivity index is 2.52. The van der Waals surface area contributed by atoms with Crippen LogP contribution >= 0.6 is 0 Å². The molecule has 0 aliphatic heterocycles. The molecule has 17 heavy (non-hydrogen) atoms. The zero-order valence-corrected chi connectivity index (χ0v) is 10.6. The molecule has 0 saturated carbocycles. The van der Waals surface area contributed by atoms with Crippen molar-refractivity contribution < 1.29 is 9.32 Å². The molecule has 88 valence electrons. The van der Waals surface area contributed by atoms with Crippen molar-refractivity contribution in [2.24, 2.45) is 0 Å². The fraction of sp³-hybridized carbons (Fsp3) is 0.143. The quantitative estimate of drug-likeness (QED) is 0.883. The van der Waals surface area contributed by atoms with E-state index in [0.29, 0.717) is 0 Å². The van der Waals surface area contributed by atoms with Gasteiger partial charge in [-0.05, 0) is 49.2 Å². The number of hydrogen-bond acceptors (Lipinski definition) is 2. The van der Waals surface area contributed by atoms with Crippen molar-refractivity contribution in [1.29, 1.82) is 0 Å². The van der Waals surface area contributed by atoms with Crippen LogP contribution in [0.25, 0.3) is 0 Å². The Labute approximate surface area is 103 Å². The maximum atomic E-state index is 12.4. The minimum atomic E-state index is -1.19. The van der Waals surface area contributed by atoms with Crippen molar-refractivity contribution in [2.45, 2.75) is 23.6 Å². The van der Waals surface area contributed by atoms with Crippen LogP contribution in [0.1, 0.15) is 11.1 Å². The van der Waals surface area contributed by atoms with E-state index in [1.54, 1.807) is 12.1 Å². The summed E-state index contributed by atoms with van der Waals surface area (Å²) in [5.41, 5.74) is 1.70. The van der Waals surface area contributed by atoms with Crippen molar-refractivity contribution in [3.8, 4) is 5.75 Å². The number of phenolic OH excluding ortho intramolecular Hbond substituents is 1. The third kappa shape index (κ3) is 2.39. The Morgan fingerprint density at radius 2 is 1.53 bits per heavy atom. The molecular weight excluding hydrogens is 232 g/mol. The Kier molecular flexibility index (Phi) is 3.29. The summed E-state index contributed by atoms with van der Waals surface area (Å²) < 4.78 is 12.4. The van der Waals surface area contributed by atoms with Gasteiger partial charge in [-0.25, -0.2) is 4.21 Å². The highest BCUT2D eigenvalue weighted by molar-refractivity contribution is 7.85. The monoisotopic (exact) mass is 246 g/mol. The van der Waals surface area contributed by atoms with Crippen molar-refractivity contribution in [2.75, 3.05) is 0 Å². The zero-order chi connectivity index (χ0) is 12.4. The SMILES string of the molecule is Cc1cc(O)cc(C)c1S(=O)c1ccccc1. The standard InChI is InChI=1S/C14H14O2S/c1-10-8-12(15)9-11(2)14(10)17(16)13-6-4-3-5-7-13/h3-9,15H,1-2H3. The lowest BCUT2D eigenvalue weighted by atomic mass is 10.1. The van der Waals surface area contributed by atoms with Gasteiger partial charge in [-0.3, -0.25) is 0 Å². The van der Waals surface area contributed by atoms with E-state index >= 15 is 0 Å². The van der Waals surface area contributed by atoms with Crippen molar-refractivity contribution in [3.63, 3.8) is 0 Å². The lowest BCUT2D eigenvalue weighted by Crippen LogP contribution is -1.98. The molecule has 1 unspecified atom stereocenters. The minimum Gasteiger partial charge on any atom is -0.508 e. The Hall–Kier alpha value is -1.61. The van der Waals surface area contributed by atoms with Gasteiger partial charge >= 0.3 is 0 Å². The fourth-order valence-corrected chi connectivity index (χ4v) is 3.22. The molecule has 0 amide bonds. The molecule has 0 radical (unpaired) electrons. The van der Waals surface area contributed by atoms with Crippen molar-refractivity contribution >= 4 is 10.8 Å². The molecule has 2 aromatic rings. The molecule has 2 rings (SSSR count).